The fourth-order valence-electron chi connectivity index (χ4n) is 1.76. The SMILES string of the molecule is C=CCOc1ccccc1C(=O)N/N=C/c1ccc(Cl)cc1Cl. The van der Waals surface area contributed by atoms with Crippen LogP contribution in [-0.2, 0) is 0 Å². The zero-order valence-corrected chi connectivity index (χ0v) is 13.6. The van der Waals surface area contributed by atoms with Gasteiger partial charge in [-0.2, -0.15) is 5.10 Å². The molecule has 2 aromatic rings. The Labute approximate surface area is 144 Å². The van der Waals surface area contributed by atoms with E-state index in [-0.39, 0.29) is 5.91 Å². The van der Waals surface area contributed by atoms with Crippen molar-refractivity contribution < 1.29 is 9.53 Å². The molecule has 0 bridgehead atoms. The van der Waals surface area contributed by atoms with Crippen molar-refractivity contribution in [2.24, 2.45) is 5.10 Å². The Morgan fingerprint density at radius 3 is 2.78 bits per heavy atom. The third-order valence-corrected chi connectivity index (χ3v) is 3.38. The fraction of sp³-hybridized carbons (Fsp3) is 0.0588. The summed E-state index contributed by atoms with van der Waals surface area (Å²) in [6.45, 7) is 3.89. The molecule has 0 unspecified atom stereocenters. The van der Waals surface area contributed by atoms with Crippen LogP contribution < -0.4 is 10.2 Å². The Hall–Kier alpha value is -2.30. The van der Waals surface area contributed by atoms with Crippen LogP contribution in [0.25, 0.3) is 0 Å². The van der Waals surface area contributed by atoms with Crippen molar-refractivity contribution in [3.8, 4) is 5.75 Å². The summed E-state index contributed by atoms with van der Waals surface area (Å²) in [5, 5.41) is 4.88. The normalized spacial score (nSPS) is 10.5. The van der Waals surface area contributed by atoms with Crippen molar-refractivity contribution in [3.05, 3.63) is 76.3 Å². The average Bonchev–Trinajstić information content (AvgIpc) is 2.55. The molecule has 0 atom stereocenters. The van der Waals surface area contributed by atoms with Gasteiger partial charge in [0, 0.05) is 10.6 Å². The maximum absolute atomic E-state index is 12.2. The van der Waals surface area contributed by atoms with Gasteiger partial charge in [0.15, 0.2) is 0 Å². The Bertz CT molecular complexity index is 745. The standard InChI is InChI=1S/C17H14Cl2N2O2/c1-2-9-23-16-6-4-3-5-14(16)17(22)21-20-11-12-7-8-13(18)10-15(12)19/h2-8,10-11H,1,9H2,(H,21,22)/b20-11+. The number of hydrazone groups is 1. The molecule has 0 aliphatic heterocycles. The molecule has 1 N–H and O–H groups in total. The monoisotopic (exact) mass is 348 g/mol. The number of para-hydroxylation sites is 1. The number of hydrogen-bond acceptors (Lipinski definition) is 3. The number of nitrogens with zero attached hydrogens (tertiary/aromatic N) is 1. The van der Waals surface area contributed by atoms with Crippen LogP contribution in [0.1, 0.15) is 15.9 Å². The average molecular weight is 349 g/mol. The lowest BCUT2D eigenvalue weighted by Crippen LogP contribution is -2.18. The van der Waals surface area contributed by atoms with Gasteiger partial charge in [0.1, 0.15) is 12.4 Å². The van der Waals surface area contributed by atoms with E-state index in [1.54, 1.807) is 48.5 Å². The highest BCUT2D eigenvalue weighted by molar-refractivity contribution is 6.36. The number of carbonyl (C=O) groups is 1. The van der Waals surface area contributed by atoms with Crippen LogP contribution in [0.5, 0.6) is 5.75 Å². The van der Waals surface area contributed by atoms with Gasteiger partial charge in [0.2, 0.25) is 0 Å². The van der Waals surface area contributed by atoms with Gasteiger partial charge in [0.05, 0.1) is 16.8 Å². The summed E-state index contributed by atoms with van der Waals surface area (Å²) in [7, 11) is 0. The molecular weight excluding hydrogens is 335 g/mol. The van der Waals surface area contributed by atoms with E-state index in [1.807, 2.05) is 0 Å². The highest BCUT2D eigenvalue weighted by Crippen LogP contribution is 2.20. The van der Waals surface area contributed by atoms with Crippen LogP contribution in [-0.4, -0.2) is 18.7 Å². The lowest BCUT2D eigenvalue weighted by atomic mass is 10.2. The molecule has 0 fully saturated rings. The number of halogens is 2. The van der Waals surface area contributed by atoms with Crippen molar-refractivity contribution in [1.29, 1.82) is 0 Å². The molecule has 1 amide bonds. The zero-order chi connectivity index (χ0) is 16.7. The molecule has 2 aromatic carbocycles. The Kier molecular flexibility index (Phi) is 6.20. The summed E-state index contributed by atoms with van der Waals surface area (Å²) >= 11 is 11.8. The predicted molar refractivity (Wildman–Crippen MR) is 93.7 cm³/mol. The minimum atomic E-state index is -0.383. The summed E-state index contributed by atoms with van der Waals surface area (Å²) in [6, 6.07) is 11.9. The Balaban J connectivity index is 2.07. The van der Waals surface area contributed by atoms with E-state index in [4.69, 9.17) is 27.9 Å². The largest absolute Gasteiger partial charge is 0.489 e. The maximum Gasteiger partial charge on any atom is 0.275 e. The minimum absolute atomic E-state index is 0.313. The molecule has 0 spiro atoms. The second-order valence-electron chi connectivity index (χ2n) is 4.46. The first-order valence-corrected chi connectivity index (χ1v) is 7.48. The number of ether oxygens (including phenoxy) is 1. The van der Waals surface area contributed by atoms with Crippen molar-refractivity contribution >= 4 is 35.3 Å². The van der Waals surface area contributed by atoms with Crippen molar-refractivity contribution in [2.75, 3.05) is 6.61 Å². The van der Waals surface area contributed by atoms with Gasteiger partial charge in [-0.25, -0.2) is 5.43 Å². The molecule has 0 aliphatic carbocycles. The number of rotatable bonds is 6. The van der Waals surface area contributed by atoms with Gasteiger partial charge in [-0.15, -0.1) is 0 Å². The molecule has 0 heterocycles. The highest BCUT2D eigenvalue weighted by atomic mass is 35.5. The summed E-state index contributed by atoms with van der Waals surface area (Å²) in [6.07, 6.45) is 3.05. The molecule has 0 radical (unpaired) electrons. The number of amides is 1. The molecule has 23 heavy (non-hydrogen) atoms. The summed E-state index contributed by atoms with van der Waals surface area (Å²) in [4.78, 5) is 12.2. The number of hydrogen-bond donors (Lipinski definition) is 1. The van der Waals surface area contributed by atoms with E-state index in [0.717, 1.165) is 0 Å². The van der Waals surface area contributed by atoms with E-state index in [9.17, 15) is 4.79 Å². The van der Waals surface area contributed by atoms with Crippen molar-refractivity contribution in [1.82, 2.24) is 5.43 Å². The van der Waals surface area contributed by atoms with Gasteiger partial charge < -0.3 is 4.74 Å². The first-order valence-electron chi connectivity index (χ1n) is 6.73. The van der Waals surface area contributed by atoms with E-state index >= 15 is 0 Å². The third-order valence-electron chi connectivity index (χ3n) is 2.82. The second-order valence-corrected chi connectivity index (χ2v) is 5.30. The molecule has 0 saturated heterocycles. The predicted octanol–water partition coefficient (Wildman–Crippen LogP) is 4.32. The lowest BCUT2D eigenvalue weighted by molar-refractivity contribution is 0.0951. The first kappa shape index (κ1) is 17.1. The van der Waals surface area contributed by atoms with Gasteiger partial charge in [-0.05, 0) is 24.3 Å². The minimum Gasteiger partial charge on any atom is -0.489 e. The second kappa shape index (κ2) is 8.36. The molecule has 6 heteroatoms. The number of benzene rings is 2. The Morgan fingerprint density at radius 1 is 1.26 bits per heavy atom. The highest BCUT2D eigenvalue weighted by Gasteiger charge is 2.10. The number of nitrogens with one attached hydrogen (secondary N) is 1. The topological polar surface area (TPSA) is 50.7 Å². The van der Waals surface area contributed by atoms with E-state index in [2.05, 4.69) is 17.1 Å². The molecule has 0 aromatic heterocycles. The van der Waals surface area contributed by atoms with Crippen molar-refractivity contribution in [3.63, 3.8) is 0 Å². The smallest absolute Gasteiger partial charge is 0.275 e. The van der Waals surface area contributed by atoms with Crippen LogP contribution in [0.3, 0.4) is 0 Å². The van der Waals surface area contributed by atoms with Crippen LogP contribution >= 0.6 is 23.2 Å². The van der Waals surface area contributed by atoms with Crippen LogP contribution in [0.15, 0.2) is 60.2 Å². The summed E-state index contributed by atoms with van der Waals surface area (Å²) in [5.41, 5.74) is 3.47. The zero-order valence-electron chi connectivity index (χ0n) is 12.1. The Morgan fingerprint density at radius 2 is 2.04 bits per heavy atom. The van der Waals surface area contributed by atoms with Crippen LogP contribution in [0.2, 0.25) is 10.0 Å². The van der Waals surface area contributed by atoms with Crippen molar-refractivity contribution in [2.45, 2.75) is 0 Å². The molecule has 0 saturated carbocycles. The van der Waals surface area contributed by atoms with E-state index in [1.165, 1.54) is 6.21 Å². The van der Waals surface area contributed by atoms with Crippen LogP contribution in [0, 0.1) is 0 Å². The van der Waals surface area contributed by atoms with E-state index in [0.29, 0.717) is 33.5 Å². The first-order chi connectivity index (χ1) is 11.1. The number of carbonyl (C=O) groups excluding carboxylic acids is 1. The summed E-state index contributed by atoms with van der Waals surface area (Å²) < 4.78 is 5.44. The molecule has 4 nitrogen and oxygen atoms in total. The van der Waals surface area contributed by atoms with E-state index < -0.39 is 0 Å². The van der Waals surface area contributed by atoms with Gasteiger partial charge in [-0.1, -0.05) is 54.1 Å². The quantitative estimate of drug-likeness (QED) is 0.480. The fourth-order valence-corrected chi connectivity index (χ4v) is 2.21. The lowest BCUT2D eigenvalue weighted by Gasteiger charge is -2.08. The van der Waals surface area contributed by atoms with Gasteiger partial charge in [-0.3, -0.25) is 4.79 Å². The third kappa shape index (κ3) is 4.84. The summed E-state index contributed by atoms with van der Waals surface area (Å²) in [5.74, 6) is 0.0793. The van der Waals surface area contributed by atoms with Gasteiger partial charge >= 0.3 is 0 Å². The molecule has 118 valence electrons. The molecular formula is C17H14Cl2N2O2. The van der Waals surface area contributed by atoms with Crippen LogP contribution in [0.4, 0.5) is 0 Å². The molecule has 2 rings (SSSR count). The molecule has 0 aliphatic rings. The maximum atomic E-state index is 12.2. The van der Waals surface area contributed by atoms with Gasteiger partial charge in [0.25, 0.3) is 5.91 Å².